The lowest BCUT2D eigenvalue weighted by Gasteiger charge is -2.03. The normalized spacial score (nSPS) is 10.2. The Morgan fingerprint density at radius 3 is 2.38 bits per heavy atom. The van der Waals surface area contributed by atoms with Crippen molar-refractivity contribution in [1.82, 2.24) is 0 Å². The highest BCUT2D eigenvalue weighted by atomic mass is 35.5. The molecule has 0 aromatic heterocycles. The molecule has 0 amide bonds. The van der Waals surface area contributed by atoms with Gasteiger partial charge in [-0.15, -0.1) is 0 Å². The fraction of sp³-hybridized carbons (Fsp3) is 0.125. The van der Waals surface area contributed by atoms with E-state index in [2.05, 4.69) is 0 Å². The highest BCUT2D eigenvalue weighted by molar-refractivity contribution is 6.67. The van der Waals surface area contributed by atoms with Gasteiger partial charge in [0.2, 0.25) is 0 Å². The number of carbonyl (C=O) groups excluding carboxylic acids is 1. The molecule has 0 heterocycles. The number of benzene rings is 1. The lowest BCUT2D eigenvalue weighted by Crippen LogP contribution is -2.00. The van der Waals surface area contributed by atoms with Crippen LogP contribution in [-0.4, -0.2) is 5.24 Å². The van der Waals surface area contributed by atoms with Gasteiger partial charge in [0.1, 0.15) is 0 Å². The van der Waals surface area contributed by atoms with E-state index in [0.29, 0.717) is 0 Å². The molecule has 0 radical (unpaired) electrons. The Balaban J connectivity index is 3.50. The molecular formula is C8H4Cl2F2O. The summed E-state index contributed by atoms with van der Waals surface area (Å²) in [4.78, 5) is 10.6. The first-order valence-electron chi connectivity index (χ1n) is 3.29. The molecule has 13 heavy (non-hydrogen) atoms. The van der Waals surface area contributed by atoms with Gasteiger partial charge in [-0.2, -0.15) is 0 Å². The van der Waals surface area contributed by atoms with Crippen molar-refractivity contribution in [3.63, 3.8) is 0 Å². The number of rotatable bonds is 1. The summed E-state index contributed by atoms with van der Waals surface area (Å²) in [5, 5.41) is -1.10. The zero-order valence-electron chi connectivity index (χ0n) is 6.50. The molecule has 1 nitrogen and oxygen atoms in total. The van der Waals surface area contributed by atoms with E-state index in [0.717, 1.165) is 6.07 Å². The van der Waals surface area contributed by atoms with Crippen molar-refractivity contribution in [2.45, 2.75) is 6.92 Å². The van der Waals surface area contributed by atoms with Crippen LogP contribution < -0.4 is 0 Å². The second kappa shape index (κ2) is 3.60. The molecule has 70 valence electrons. The maximum absolute atomic E-state index is 13.0. The SMILES string of the molecule is Cc1c(Cl)cc(C(=O)Cl)c(F)c1F. The van der Waals surface area contributed by atoms with Gasteiger partial charge in [-0.25, -0.2) is 8.78 Å². The van der Waals surface area contributed by atoms with Gasteiger partial charge in [-0.1, -0.05) is 11.6 Å². The highest BCUT2D eigenvalue weighted by Gasteiger charge is 2.18. The predicted octanol–water partition coefficient (Wildman–Crippen LogP) is 3.31. The maximum atomic E-state index is 13.0. The molecule has 0 atom stereocenters. The zero-order chi connectivity index (χ0) is 10.2. The monoisotopic (exact) mass is 224 g/mol. The van der Waals surface area contributed by atoms with Crippen LogP contribution in [0.15, 0.2) is 6.07 Å². The van der Waals surface area contributed by atoms with Crippen molar-refractivity contribution < 1.29 is 13.6 Å². The van der Waals surface area contributed by atoms with Crippen LogP contribution in [0.25, 0.3) is 0 Å². The third kappa shape index (κ3) is 1.81. The van der Waals surface area contributed by atoms with Crippen LogP contribution in [0.2, 0.25) is 5.02 Å². The molecule has 0 aliphatic heterocycles. The summed E-state index contributed by atoms with van der Waals surface area (Å²) in [5.74, 6) is -2.40. The molecule has 0 fully saturated rings. The smallest absolute Gasteiger partial charge is 0.255 e. The Morgan fingerprint density at radius 1 is 1.38 bits per heavy atom. The number of hydrogen-bond donors (Lipinski definition) is 0. The molecule has 0 saturated carbocycles. The van der Waals surface area contributed by atoms with E-state index in [1.54, 1.807) is 0 Å². The third-order valence-corrected chi connectivity index (χ3v) is 2.20. The fourth-order valence-corrected chi connectivity index (χ4v) is 1.16. The lowest BCUT2D eigenvalue weighted by atomic mass is 10.1. The minimum Gasteiger partial charge on any atom is -0.275 e. The van der Waals surface area contributed by atoms with Gasteiger partial charge in [0.05, 0.1) is 5.56 Å². The molecule has 1 aromatic rings. The molecular weight excluding hydrogens is 221 g/mol. The standard InChI is InChI=1S/C8H4Cl2F2O/c1-3-5(9)2-4(8(10)13)7(12)6(3)11/h2H,1H3. The summed E-state index contributed by atoms with van der Waals surface area (Å²) in [7, 11) is 0. The van der Waals surface area contributed by atoms with Crippen molar-refractivity contribution in [1.29, 1.82) is 0 Å². The van der Waals surface area contributed by atoms with Crippen LogP contribution in [-0.2, 0) is 0 Å². The lowest BCUT2D eigenvalue weighted by molar-refractivity contribution is 0.107. The van der Waals surface area contributed by atoms with Crippen molar-refractivity contribution in [2.24, 2.45) is 0 Å². The Bertz CT molecular complexity index is 377. The van der Waals surface area contributed by atoms with Crippen LogP contribution >= 0.6 is 23.2 Å². The fourth-order valence-electron chi connectivity index (χ4n) is 0.829. The zero-order valence-corrected chi connectivity index (χ0v) is 8.01. The van der Waals surface area contributed by atoms with E-state index in [4.69, 9.17) is 23.2 Å². The van der Waals surface area contributed by atoms with Crippen molar-refractivity contribution in [3.05, 3.63) is 33.9 Å². The summed E-state index contributed by atoms with van der Waals surface area (Å²) in [6.07, 6.45) is 0. The van der Waals surface area contributed by atoms with E-state index in [1.807, 2.05) is 0 Å². The second-order valence-corrected chi connectivity index (χ2v) is 3.18. The predicted molar refractivity (Wildman–Crippen MR) is 46.3 cm³/mol. The first-order valence-corrected chi connectivity index (χ1v) is 4.04. The third-order valence-electron chi connectivity index (χ3n) is 1.60. The van der Waals surface area contributed by atoms with E-state index in [-0.39, 0.29) is 10.6 Å². The Hall–Kier alpha value is -0.670. The van der Waals surface area contributed by atoms with E-state index < -0.39 is 22.4 Å². The van der Waals surface area contributed by atoms with Gasteiger partial charge < -0.3 is 0 Å². The minimum absolute atomic E-state index is 0.0251. The summed E-state index contributed by atoms with van der Waals surface area (Å²) in [6.45, 7) is 1.31. The largest absolute Gasteiger partial charge is 0.275 e. The number of hydrogen-bond acceptors (Lipinski definition) is 1. The molecule has 0 N–H and O–H groups in total. The molecule has 0 aliphatic carbocycles. The molecule has 0 bridgehead atoms. The van der Waals surface area contributed by atoms with Crippen molar-refractivity contribution >= 4 is 28.4 Å². The summed E-state index contributed by atoms with van der Waals surface area (Å²) >= 11 is 10.5. The van der Waals surface area contributed by atoms with Gasteiger partial charge in [0.25, 0.3) is 5.24 Å². The van der Waals surface area contributed by atoms with Crippen LogP contribution in [0.1, 0.15) is 15.9 Å². The van der Waals surface area contributed by atoms with Crippen LogP contribution in [0.4, 0.5) is 8.78 Å². The van der Waals surface area contributed by atoms with Gasteiger partial charge in [-0.05, 0) is 24.6 Å². The Morgan fingerprint density at radius 2 is 1.92 bits per heavy atom. The van der Waals surface area contributed by atoms with Gasteiger partial charge in [0, 0.05) is 10.6 Å². The summed E-state index contributed by atoms with van der Waals surface area (Å²) in [5.41, 5.74) is -0.587. The summed E-state index contributed by atoms with van der Waals surface area (Å²) in [6, 6.07) is 1.00. The molecule has 0 saturated heterocycles. The molecule has 0 unspecified atom stereocenters. The number of halogens is 4. The first-order chi connectivity index (χ1) is 5.95. The summed E-state index contributed by atoms with van der Waals surface area (Å²) < 4.78 is 25.9. The van der Waals surface area contributed by atoms with Gasteiger partial charge >= 0.3 is 0 Å². The quantitative estimate of drug-likeness (QED) is 0.529. The van der Waals surface area contributed by atoms with E-state index in [1.165, 1.54) is 6.92 Å². The average molecular weight is 225 g/mol. The first kappa shape index (κ1) is 10.4. The molecule has 0 aliphatic rings. The van der Waals surface area contributed by atoms with E-state index >= 15 is 0 Å². The van der Waals surface area contributed by atoms with Crippen molar-refractivity contribution in [3.8, 4) is 0 Å². The van der Waals surface area contributed by atoms with Crippen molar-refractivity contribution in [2.75, 3.05) is 0 Å². The molecule has 1 aromatic carbocycles. The Kier molecular flexibility index (Phi) is 2.88. The Labute approximate surface area is 83.3 Å². The topological polar surface area (TPSA) is 17.1 Å². The molecule has 0 spiro atoms. The molecule has 1 rings (SSSR count). The van der Waals surface area contributed by atoms with Crippen LogP contribution in [0, 0.1) is 18.6 Å². The highest BCUT2D eigenvalue weighted by Crippen LogP contribution is 2.24. The average Bonchev–Trinajstić information content (AvgIpc) is 2.07. The second-order valence-electron chi connectivity index (χ2n) is 2.43. The van der Waals surface area contributed by atoms with Crippen LogP contribution in [0.3, 0.4) is 0 Å². The van der Waals surface area contributed by atoms with Gasteiger partial charge in [-0.3, -0.25) is 4.79 Å². The number of carbonyl (C=O) groups is 1. The maximum Gasteiger partial charge on any atom is 0.255 e. The van der Waals surface area contributed by atoms with E-state index in [9.17, 15) is 13.6 Å². The minimum atomic E-state index is -1.26. The van der Waals surface area contributed by atoms with Crippen LogP contribution in [0.5, 0.6) is 0 Å². The molecule has 5 heteroatoms. The van der Waals surface area contributed by atoms with Gasteiger partial charge in [0.15, 0.2) is 11.6 Å².